The molecule has 0 bridgehead atoms. The lowest BCUT2D eigenvalue weighted by molar-refractivity contribution is -0.131. The molecule has 0 saturated heterocycles. The number of carbonyl (C=O) groups is 1. The highest BCUT2D eigenvalue weighted by atomic mass is 35.5. The molecular formula is C2H9Al2ClO2. The van der Waals surface area contributed by atoms with Gasteiger partial charge in [0.25, 0.3) is 0 Å². The SMILES string of the molecule is CC(=O)OCl.[AlH3].[AlH3]. The second-order valence-corrected chi connectivity index (χ2v) is 0.723. The molecule has 0 aromatic rings. The number of hydrogen-bond donors (Lipinski definition) is 0. The van der Waals surface area contributed by atoms with Crippen molar-refractivity contribution in [2.24, 2.45) is 0 Å². The van der Waals surface area contributed by atoms with Crippen molar-refractivity contribution in [2.45, 2.75) is 6.92 Å². The summed E-state index contributed by atoms with van der Waals surface area (Å²) in [4.78, 5) is 9.46. The molecule has 0 N–H and O–H groups in total. The Hall–Kier alpha value is 0.825. The third kappa shape index (κ3) is 19.9. The third-order valence-corrected chi connectivity index (χ3v) is 0.326. The predicted octanol–water partition coefficient (Wildman–Crippen LogP) is -1.66. The van der Waals surface area contributed by atoms with Crippen LogP contribution in [-0.4, -0.2) is 40.7 Å². The molecule has 5 heteroatoms. The fourth-order valence-electron chi connectivity index (χ4n) is 0. The molecule has 7 heavy (non-hydrogen) atoms. The van der Waals surface area contributed by atoms with Crippen molar-refractivity contribution in [3.8, 4) is 0 Å². The van der Waals surface area contributed by atoms with E-state index in [-0.39, 0.29) is 34.7 Å². The highest BCUT2D eigenvalue weighted by Gasteiger charge is 1.79. The van der Waals surface area contributed by atoms with Crippen LogP contribution in [0.1, 0.15) is 6.92 Å². The molecule has 0 fully saturated rings. The summed E-state index contributed by atoms with van der Waals surface area (Å²) in [6, 6.07) is 0. The molecule has 0 rings (SSSR count). The number of carbonyl (C=O) groups excluding carboxylic acids is 1. The second kappa shape index (κ2) is 9.95. The molecule has 0 amide bonds. The molecule has 42 valence electrons. The van der Waals surface area contributed by atoms with Crippen molar-refractivity contribution in [3.05, 3.63) is 0 Å². The van der Waals surface area contributed by atoms with Crippen LogP contribution in [0, 0.1) is 0 Å². The molecule has 0 aromatic heterocycles. The van der Waals surface area contributed by atoms with Gasteiger partial charge < -0.3 is 4.29 Å². The van der Waals surface area contributed by atoms with Crippen LogP contribution in [0.25, 0.3) is 0 Å². The van der Waals surface area contributed by atoms with Crippen molar-refractivity contribution >= 4 is 52.6 Å². The Morgan fingerprint density at radius 2 is 1.71 bits per heavy atom. The van der Waals surface area contributed by atoms with Crippen molar-refractivity contribution in [1.82, 2.24) is 0 Å². The largest absolute Gasteiger partial charge is 0.348 e. The van der Waals surface area contributed by atoms with Gasteiger partial charge in [0.2, 0.25) is 0 Å². The minimum absolute atomic E-state index is 0. The molecular weight excluding hydrogens is 145 g/mol. The van der Waals surface area contributed by atoms with E-state index in [2.05, 4.69) is 16.2 Å². The highest BCUT2D eigenvalue weighted by Crippen LogP contribution is 1.75. The van der Waals surface area contributed by atoms with Crippen LogP contribution in [0.3, 0.4) is 0 Å². The maximum atomic E-state index is 9.46. The van der Waals surface area contributed by atoms with Gasteiger partial charge in [-0.05, 0) is 0 Å². The Morgan fingerprint density at radius 1 is 1.57 bits per heavy atom. The first-order valence-corrected chi connectivity index (χ1v) is 1.37. The zero-order valence-corrected chi connectivity index (χ0v) is 3.45. The van der Waals surface area contributed by atoms with Crippen LogP contribution in [-0.2, 0) is 9.08 Å². The van der Waals surface area contributed by atoms with Gasteiger partial charge in [0.1, 0.15) is 11.9 Å². The van der Waals surface area contributed by atoms with Gasteiger partial charge in [0, 0.05) is 6.92 Å². The fourth-order valence-corrected chi connectivity index (χ4v) is 0. The summed E-state index contributed by atoms with van der Waals surface area (Å²) in [5, 5.41) is 0. The van der Waals surface area contributed by atoms with E-state index in [1.807, 2.05) is 0 Å². The zero-order valence-electron chi connectivity index (χ0n) is 2.69. The second-order valence-electron chi connectivity index (χ2n) is 0.569. The van der Waals surface area contributed by atoms with E-state index in [4.69, 9.17) is 0 Å². The van der Waals surface area contributed by atoms with Crippen LogP contribution in [0.4, 0.5) is 0 Å². The molecule has 0 unspecified atom stereocenters. The van der Waals surface area contributed by atoms with E-state index in [9.17, 15) is 4.79 Å². The predicted molar refractivity (Wildman–Crippen MR) is 37.5 cm³/mol. The average Bonchev–Trinajstić information content (AvgIpc) is 1.38. The molecule has 0 heterocycles. The van der Waals surface area contributed by atoms with Crippen LogP contribution in [0.5, 0.6) is 0 Å². The topological polar surface area (TPSA) is 26.3 Å². The number of halogens is 1. The Morgan fingerprint density at radius 3 is 1.71 bits per heavy atom. The fraction of sp³-hybridized carbons (Fsp3) is 0.500. The Bertz CT molecular complexity index is 49.0. The van der Waals surface area contributed by atoms with Crippen molar-refractivity contribution < 1.29 is 9.08 Å². The maximum Gasteiger partial charge on any atom is 0.321 e. The van der Waals surface area contributed by atoms with Crippen molar-refractivity contribution in [1.29, 1.82) is 0 Å². The van der Waals surface area contributed by atoms with E-state index in [1.54, 1.807) is 0 Å². The standard InChI is InChI=1S/C2H3ClO2.2Al.6H/c1-2(4)5-3;;;;;;;;/h1H3;;;;;;;;. The zero-order chi connectivity index (χ0) is 4.28. The third-order valence-electron chi connectivity index (χ3n) is 0.109. The molecule has 2 nitrogen and oxygen atoms in total. The molecule has 0 spiro atoms. The summed E-state index contributed by atoms with van der Waals surface area (Å²) in [7, 11) is 0. The smallest absolute Gasteiger partial charge is 0.321 e. The molecule has 0 aliphatic rings. The first kappa shape index (κ1) is 15.7. The van der Waals surface area contributed by atoms with Gasteiger partial charge in [0.05, 0.1) is 0 Å². The molecule has 0 aliphatic heterocycles. The van der Waals surface area contributed by atoms with Crippen LogP contribution < -0.4 is 0 Å². The Kier molecular flexibility index (Phi) is 22.2. The summed E-state index contributed by atoms with van der Waals surface area (Å²) >= 11 is 4.49. The van der Waals surface area contributed by atoms with E-state index < -0.39 is 5.97 Å². The first-order chi connectivity index (χ1) is 2.27. The van der Waals surface area contributed by atoms with E-state index in [0.717, 1.165) is 0 Å². The van der Waals surface area contributed by atoms with Gasteiger partial charge in [0.15, 0.2) is 34.7 Å². The lowest BCUT2D eigenvalue weighted by Gasteiger charge is -1.74. The van der Waals surface area contributed by atoms with Crippen molar-refractivity contribution in [3.63, 3.8) is 0 Å². The summed E-state index contributed by atoms with van der Waals surface area (Å²) < 4.78 is 3.58. The van der Waals surface area contributed by atoms with Crippen molar-refractivity contribution in [2.75, 3.05) is 0 Å². The summed E-state index contributed by atoms with van der Waals surface area (Å²) in [5.74, 6) is -0.480. The summed E-state index contributed by atoms with van der Waals surface area (Å²) in [5.41, 5.74) is 0. The van der Waals surface area contributed by atoms with Crippen LogP contribution in [0.15, 0.2) is 0 Å². The van der Waals surface area contributed by atoms with Gasteiger partial charge in [-0.2, -0.15) is 0 Å². The van der Waals surface area contributed by atoms with Gasteiger partial charge in [-0.1, -0.05) is 0 Å². The average molecular weight is 155 g/mol. The molecule has 0 aromatic carbocycles. The summed E-state index contributed by atoms with van der Waals surface area (Å²) in [6.07, 6.45) is 0. The van der Waals surface area contributed by atoms with Gasteiger partial charge in [-0.15, -0.1) is 0 Å². The first-order valence-electron chi connectivity index (χ1n) is 1.06. The quantitative estimate of drug-likeness (QED) is 0.390. The molecule has 0 saturated carbocycles. The molecule has 0 atom stereocenters. The Balaban J connectivity index is -0.0000000800. The van der Waals surface area contributed by atoms with Gasteiger partial charge >= 0.3 is 5.97 Å². The Labute approximate surface area is 68.6 Å². The number of hydrogen-bond acceptors (Lipinski definition) is 2. The minimum Gasteiger partial charge on any atom is -0.348 e. The molecule has 0 aliphatic carbocycles. The van der Waals surface area contributed by atoms with Crippen LogP contribution in [0.2, 0.25) is 0 Å². The lowest BCUT2D eigenvalue weighted by atomic mass is 10.9. The number of rotatable bonds is 0. The van der Waals surface area contributed by atoms with Crippen LogP contribution >= 0.6 is 11.9 Å². The molecule has 0 radical (unpaired) electrons. The van der Waals surface area contributed by atoms with E-state index in [0.29, 0.717) is 0 Å². The normalized spacial score (nSPS) is 4.86. The van der Waals surface area contributed by atoms with E-state index in [1.165, 1.54) is 6.92 Å². The van der Waals surface area contributed by atoms with Gasteiger partial charge in [-0.25, -0.2) is 0 Å². The highest BCUT2D eigenvalue weighted by molar-refractivity contribution is 6.12. The lowest BCUT2D eigenvalue weighted by Crippen LogP contribution is -1.82. The maximum absolute atomic E-state index is 9.46. The monoisotopic (exact) mass is 154 g/mol. The van der Waals surface area contributed by atoms with E-state index >= 15 is 0 Å². The minimum atomic E-state index is -0.480. The van der Waals surface area contributed by atoms with Gasteiger partial charge in [-0.3, -0.25) is 4.79 Å². The summed E-state index contributed by atoms with van der Waals surface area (Å²) in [6.45, 7) is 1.23.